The quantitative estimate of drug-likeness (QED) is 0.156. The van der Waals surface area contributed by atoms with E-state index in [-0.39, 0.29) is 53.8 Å². The summed E-state index contributed by atoms with van der Waals surface area (Å²) >= 11 is 0. The average Bonchev–Trinajstić information content (AvgIpc) is 3.64. The van der Waals surface area contributed by atoms with Gasteiger partial charge in [0.2, 0.25) is 0 Å². The van der Waals surface area contributed by atoms with E-state index in [9.17, 15) is 2.74 Å². The third kappa shape index (κ3) is 8.56. The first kappa shape index (κ1) is 33.9. The van der Waals surface area contributed by atoms with E-state index in [0.717, 1.165) is 51.6 Å². The number of nitrogens with zero attached hydrogens (tertiary/aromatic N) is 2. The summed E-state index contributed by atoms with van der Waals surface area (Å²) < 4.78 is 66.8. The Morgan fingerprint density at radius 2 is 1.56 bits per heavy atom. The molecule has 1 saturated carbocycles. The SMILES string of the molecule is [2H]c1cc(C2([2H])CCC(C)(C)CC2)cc(C([2H])([2H])[2H])c1-c1cc(-c2[c-]ccc3c2oc2c(-c4ccccc4)cccc23)ncc1C(C)(C)F.[Ir].[c-]1ccccc1-c1ccccn1. The van der Waals surface area contributed by atoms with Gasteiger partial charge in [-0.2, -0.15) is 0 Å². The minimum atomic E-state index is -2.62. The smallest absolute Gasteiger partial charge is 0.132 e. The summed E-state index contributed by atoms with van der Waals surface area (Å²) in [5.74, 6) is -1.00. The van der Waals surface area contributed by atoms with E-state index in [0.29, 0.717) is 35.2 Å². The van der Waals surface area contributed by atoms with E-state index in [4.69, 9.17) is 8.53 Å². The molecular formula is C52H47FIrN2O-2. The topological polar surface area (TPSA) is 38.9 Å². The van der Waals surface area contributed by atoms with Crippen LogP contribution in [-0.2, 0) is 25.8 Å². The molecule has 57 heavy (non-hydrogen) atoms. The molecule has 5 aromatic carbocycles. The van der Waals surface area contributed by atoms with E-state index in [1.165, 1.54) is 20.0 Å². The van der Waals surface area contributed by atoms with Gasteiger partial charge in [-0.3, -0.25) is 0 Å². The third-order valence-corrected chi connectivity index (χ3v) is 10.8. The Bertz CT molecular complexity index is 2790. The molecule has 0 unspecified atom stereocenters. The number of hydrogen-bond donors (Lipinski definition) is 0. The fraction of sp³-hybridized carbons (Fsp3) is 0.231. The number of pyridine rings is 2. The van der Waals surface area contributed by atoms with Crippen LogP contribution in [-0.4, -0.2) is 9.97 Å². The van der Waals surface area contributed by atoms with E-state index in [1.54, 1.807) is 30.5 Å². The maximum Gasteiger partial charge on any atom is 0.132 e. The Hall–Kier alpha value is -5.22. The van der Waals surface area contributed by atoms with E-state index in [1.807, 2.05) is 97.1 Å². The average molecular weight is 932 g/mol. The molecule has 5 heteroatoms. The molecular weight excluding hydrogens is 880 g/mol. The summed E-state index contributed by atoms with van der Waals surface area (Å²) in [6.07, 6.45) is 6.03. The van der Waals surface area contributed by atoms with Crippen LogP contribution in [0.15, 0.2) is 144 Å². The molecule has 1 aliphatic carbocycles. The summed E-state index contributed by atoms with van der Waals surface area (Å²) in [4.78, 5) is 8.89. The van der Waals surface area contributed by atoms with Crippen LogP contribution >= 0.6 is 0 Å². The first-order valence-electron chi connectivity index (χ1n) is 21.7. The molecule has 0 spiro atoms. The van der Waals surface area contributed by atoms with Crippen molar-refractivity contribution in [2.75, 3.05) is 0 Å². The van der Waals surface area contributed by atoms with Crippen molar-refractivity contribution < 1.29 is 35.8 Å². The molecule has 8 aromatic rings. The Morgan fingerprint density at radius 1 is 0.789 bits per heavy atom. The standard InChI is InChI=1S/C41H39FNO.C11H8N.Ir/c1-26-23-29(27-19-21-40(2,3)22-20-27)17-18-30(26)35-24-37(43-25-36(35)41(4,5)42)34-16-10-15-33-32-14-9-13-31(38(32)44-39(33)34)28-11-7-6-8-12-28;1-2-6-10(7-3-1)11-8-4-5-9-12-11;/h6-15,17-18,23-25,27H,19-22H2,1-5H3;1-6,8-9H;/q2*-1;/i1D3,18D,27D;;. The van der Waals surface area contributed by atoms with Gasteiger partial charge in [-0.1, -0.05) is 110 Å². The van der Waals surface area contributed by atoms with Crippen LogP contribution in [0.1, 0.15) is 82.8 Å². The fourth-order valence-electron chi connectivity index (χ4n) is 7.59. The number of aryl methyl sites for hydroxylation is 1. The summed E-state index contributed by atoms with van der Waals surface area (Å²) in [5.41, 5.74) is 5.44. The molecule has 0 bridgehead atoms. The van der Waals surface area contributed by atoms with E-state index >= 15 is 4.39 Å². The van der Waals surface area contributed by atoms with Crippen molar-refractivity contribution in [3.05, 3.63) is 169 Å². The number of rotatable bonds is 6. The molecule has 1 aliphatic rings. The van der Waals surface area contributed by atoms with Crippen molar-refractivity contribution in [1.29, 1.82) is 0 Å². The molecule has 3 heterocycles. The van der Waals surface area contributed by atoms with Gasteiger partial charge >= 0.3 is 0 Å². The van der Waals surface area contributed by atoms with Gasteiger partial charge in [0.25, 0.3) is 0 Å². The second-order valence-electron chi connectivity index (χ2n) is 15.8. The monoisotopic (exact) mass is 932 g/mol. The van der Waals surface area contributed by atoms with Gasteiger partial charge in [0.05, 0.1) is 6.95 Å². The third-order valence-electron chi connectivity index (χ3n) is 10.8. The molecule has 0 atom stereocenters. The van der Waals surface area contributed by atoms with Gasteiger partial charge in [0.15, 0.2) is 0 Å². The number of furan rings is 1. The van der Waals surface area contributed by atoms with Gasteiger partial charge in [-0.15, -0.1) is 54.1 Å². The van der Waals surface area contributed by atoms with E-state index in [2.05, 4.69) is 35.9 Å². The van der Waals surface area contributed by atoms with Crippen LogP contribution in [0.25, 0.3) is 66.7 Å². The van der Waals surface area contributed by atoms with Crippen molar-refractivity contribution in [3.63, 3.8) is 0 Å². The van der Waals surface area contributed by atoms with Crippen molar-refractivity contribution in [1.82, 2.24) is 9.97 Å². The van der Waals surface area contributed by atoms with Crippen LogP contribution in [0, 0.1) is 24.4 Å². The Kier molecular flexibility index (Phi) is 9.93. The van der Waals surface area contributed by atoms with Gasteiger partial charge in [0, 0.05) is 54.5 Å². The minimum Gasteiger partial charge on any atom is -0.500 e. The zero-order valence-corrected chi connectivity index (χ0v) is 34.9. The van der Waals surface area contributed by atoms with Crippen molar-refractivity contribution >= 4 is 21.9 Å². The molecule has 3 aromatic heterocycles. The second kappa shape index (κ2) is 16.7. The van der Waals surface area contributed by atoms with Crippen LogP contribution in [0.2, 0.25) is 0 Å². The predicted molar refractivity (Wildman–Crippen MR) is 229 cm³/mol. The summed E-state index contributed by atoms with van der Waals surface area (Å²) in [5, 5.41) is 1.79. The minimum absolute atomic E-state index is 0. The van der Waals surface area contributed by atoms with Crippen LogP contribution in [0.4, 0.5) is 4.39 Å². The molecule has 9 rings (SSSR count). The van der Waals surface area contributed by atoms with Gasteiger partial charge < -0.3 is 14.4 Å². The van der Waals surface area contributed by atoms with Gasteiger partial charge in [-0.05, 0) is 103 Å². The van der Waals surface area contributed by atoms with Gasteiger partial charge in [-0.25, -0.2) is 4.39 Å². The van der Waals surface area contributed by atoms with Crippen LogP contribution < -0.4 is 0 Å². The normalized spacial score (nSPS) is 16.2. The summed E-state index contributed by atoms with van der Waals surface area (Å²) in [6.45, 7) is 4.56. The molecule has 1 radical (unpaired) electrons. The maximum atomic E-state index is 16.0. The summed E-state index contributed by atoms with van der Waals surface area (Å²) in [6, 6.07) is 44.6. The maximum absolute atomic E-state index is 16.0. The summed E-state index contributed by atoms with van der Waals surface area (Å²) in [7, 11) is 0. The molecule has 1 fully saturated rings. The van der Waals surface area contributed by atoms with Crippen molar-refractivity contribution in [2.24, 2.45) is 5.41 Å². The molecule has 0 aliphatic heterocycles. The number of para-hydroxylation sites is 1. The van der Waals surface area contributed by atoms with Gasteiger partial charge in [0.1, 0.15) is 11.3 Å². The fourth-order valence-corrected chi connectivity index (χ4v) is 7.59. The first-order valence-corrected chi connectivity index (χ1v) is 19.2. The number of hydrogen-bond acceptors (Lipinski definition) is 3. The van der Waals surface area contributed by atoms with Crippen LogP contribution in [0.5, 0.6) is 0 Å². The number of aromatic nitrogens is 2. The Balaban J connectivity index is 0.000000382. The molecule has 3 nitrogen and oxygen atoms in total. The molecule has 289 valence electrons. The van der Waals surface area contributed by atoms with Crippen LogP contribution in [0.3, 0.4) is 0 Å². The molecule has 0 saturated heterocycles. The largest absolute Gasteiger partial charge is 0.500 e. The second-order valence-corrected chi connectivity index (χ2v) is 15.8. The molecule has 0 N–H and O–H groups in total. The first-order chi connectivity index (χ1) is 29.0. The number of benzene rings is 5. The predicted octanol–water partition coefficient (Wildman–Crippen LogP) is 14.5. The van der Waals surface area contributed by atoms with E-state index < -0.39 is 18.4 Å². The number of fused-ring (bicyclic) bond motifs is 3. The number of alkyl halides is 1. The number of halogens is 1. The zero-order valence-electron chi connectivity index (χ0n) is 37.5. The molecule has 0 amide bonds. The Morgan fingerprint density at radius 3 is 2.28 bits per heavy atom. The van der Waals surface area contributed by atoms with Crippen molar-refractivity contribution in [3.8, 4) is 44.8 Å². The Labute approximate surface area is 356 Å². The zero-order chi connectivity index (χ0) is 43.2. The van der Waals surface area contributed by atoms with Crippen molar-refractivity contribution in [2.45, 2.75) is 71.8 Å².